The van der Waals surface area contributed by atoms with E-state index in [4.69, 9.17) is 11.6 Å². The zero-order valence-electron chi connectivity index (χ0n) is 13.1. The summed E-state index contributed by atoms with van der Waals surface area (Å²) < 4.78 is 5.93. The van der Waals surface area contributed by atoms with Gasteiger partial charge >= 0.3 is 11.9 Å². The van der Waals surface area contributed by atoms with Crippen molar-refractivity contribution in [1.82, 2.24) is 9.78 Å². The molecular formula is C16H15ClN2O5. The molecule has 0 saturated heterocycles. The van der Waals surface area contributed by atoms with E-state index in [-0.39, 0.29) is 5.56 Å². The molecule has 0 saturated carbocycles. The van der Waals surface area contributed by atoms with Gasteiger partial charge in [0, 0.05) is 5.02 Å². The Bertz CT molecular complexity index is 843. The summed E-state index contributed by atoms with van der Waals surface area (Å²) in [5, 5.41) is 13.6. The fourth-order valence-electron chi connectivity index (χ4n) is 2.28. The molecule has 126 valence electrons. The number of rotatable bonds is 5. The number of carboxylic acids is 1. The van der Waals surface area contributed by atoms with Gasteiger partial charge < -0.3 is 9.84 Å². The van der Waals surface area contributed by atoms with Crippen LogP contribution in [0.2, 0.25) is 5.02 Å². The number of hydrogen-bond donors (Lipinski definition) is 1. The van der Waals surface area contributed by atoms with Crippen LogP contribution in [0.3, 0.4) is 0 Å². The number of hydrogen-bond acceptors (Lipinski definition) is 5. The molecule has 8 heteroatoms. The van der Waals surface area contributed by atoms with E-state index < -0.39 is 23.1 Å². The first-order chi connectivity index (χ1) is 11.4. The second kappa shape index (κ2) is 7.27. The first-order valence-electron chi connectivity index (χ1n) is 7.14. The summed E-state index contributed by atoms with van der Waals surface area (Å²) in [7, 11) is 1.13. The fourth-order valence-corrected chi connectivity index (χ4v) is 2.40. The average molecular weight is 351 g/mol. The van der Waals surface area contributed by atoms with E-state index in [2.05, 4.69) is 9.84 Å². The minimum Gasteiger partial charge on any atom is -0.476 e. The molecule has 0 aliphatic rings. The van der Waals surface area contributed by atoms with Crippen LogP contribution in [0.25, 0.3) is 5.69 Å². The number of halogens is 1. The number of ether oxygens (including phenoxy) is 1. The predicted molar refractivity (Wildman–Crippen MR) is 87.1 cm³/mol. The zero-order valence-corrected chi connectivity index (χ0v) is 13.8. The molecule has 0 aliphatic carbocycles. The van der Waals surface area contributed by atoms with Crippen molar-refractivity contribution in [1.29, 1.82) is 0 Å². The third-order valence-electron chi connectivity index (χ3n) is 3.34. The molecule has 2 aromatic rings. The van der Waals surface area contributed by atoms with Gasteiger partial charge in [0.05, 0.1) is 18.5 Å². The van der Waals surface area contributed by atoms with Gasteiger partial charge in [-0.2, -0.15) is 5.10 Å². The number of nitrogens with zero attached hydrogens (tertiary/aromatic N) is 2. The van der Waals surface area contributed by atoms with Gasteiger partial charge in [0.15, 0.2) is 0 Å². The number of carbonyl (C=O) groups is 2. The van der Waals surface area contributed by atoms with Gasteiger partial charge in [0.1, 0.15) is 5.56 Å². The summed E-state index contributed by atoms with van der Waals surface area (Å²) in [5.74, 6) is -2.41. The summed E-state index contributed by atoms with van der Waals surface area (Å²) in [6.45, 7) is 1.86. The lowest BCUT2D eigenvalue weighted by Gasteiger charge is -2.16. The van der Waals surface area contributed by atoms with Gasteiger partial charge in [-0.05, 0) is 30.7 Å². The summed E-state index contributed by atoms with van der Waals surface area (Å²) in [6.07, 6.45) is 0.959. The Labute approximate surface area is 142 Å². The van der Waals surface area contributed by atoms with Crippen LogP contribution in [0, 0.1) is 0 Å². The largest absolute Gasteiger partial charge is 0.476 e. The highest BCUT2D eigenvalue weighted by molar-refractivity contribution is 6.30. The van der Waals surface area contributed by atoms with Crippen molar-refractivity contribution in [3.63, 3.8) is 0 Å². The number of carbonyl (C=O) groups excluding carboxylic acids is 1. The second-order valence-electron chi connectivity index (χ2n) is 4.93. The number of benzene rings is 1. The van der Waals surface area contributed by atoms with Crippen LogP contribution < -0.4 is 5.43 Å². The molecule has 0 spiro atoms. The molecule has 1 heterocycles. The maximum atomic E-state index is 12.4. The quantitative estimate of drug-likeness (QED) is 0.831. The highest BCUT2D eigenvalue weighted by atomic mass is 35.5. The van der Waals surface area contributed by atoms with Gasteiger partial charge in [-0.1, -0.05) is 24.9 Å². The van der Waals surface area contributed by atoms with Crippen LogP contribution in [0.4, 0.5) is 0 Å². The highest BCUT2D eigenvalue weighted by Crippen LogP contribution is 2.18. The minimum absolute atomic E-state index is 0.293. The third-order valence-corrected chi connectivity index (χ3v) is 3.59. The minimum atomic E-state index is -1.52. The van der Waals surface area contributed by atoms with Gasteiger partial charge in [0.2, 0.25) is 11.1 Å². The van der Waals surface area contributed by atoms with Crippen molar-refractivity contribution < 1.29 is 19.4 Å². The molecule has 1 aromatic heterocycles. The molecule has 0 bridgehead atoms. The van der Waals surface area contributed by atoms with Crippen molar-refractivity contribution in [2.45, 2.75) is 19.8 Å². The van der Waals surface area contributed by atoms with Crippen LogP contribution in [-0.2, 0) is 11.2 Å². The zero-order chi connectivity index (χ0) is 17.9. The number of aromatic carboxylic acids is 1. The molecule has 24 heavy (non-hydrogen) atoms. The highest BCUT2D eigenvalue weighted by Gasteiger charge is 2.26. The van der Waals surface area contributed by atoms with E-state index in [9.17, 15) is 19.5 Å². The van der Waals surface area contributed by atoms with Crippen molar-refractivity contribution in [3.05, 3.63) is 56.5 Å². The summed E-state index contributed by atoms with van der Waals surface area (Å²) in [4.78, 5) is 35.8. The Balaban J connectivity index is 2.88. The first kappa shape index (κ1) is 17.7. The maximum Gasteiger partial charge on any atom is 0.360 e. The number of methoxy groups -OCH3 is 1. The fraction of sp³-hybridized carbons (Fsp3) is 0.250. The molecule has 0 aliphatic heterocycles. The van der Waals surface area contributed by atoms with E-state index in [1.807, 2.05) is 6.92 Å². The number of esters is 1. The van der Waals surface area contributed by atoms with Crippen LogP contribution in [0.15, 0.2) is 29.1 Å². The Hall–Kier alpha value is -2.67. The van der Waals surface area contributed by atoms with Gasteiger partial charge in [0.25, 0.3) is 0 Å². The maximum absolute atomic E-state index is 12.4. The summed E-state index contributed by atoms with van der Waals surface area (Å²) in [5.41, 5.74) is -1.24. The molecule has 0 fully saturated rings. The van der Waals surface area contributed by atoms with Crippen molar-refractivity contribution in [3.8, 4) is 5.69 Å². The SMILES string of the molecule is CCCc1c(C(=O)OC)c(=O)c(C(=O)O)nn1-c1ccc(Cl)cc1. The lowest BCUT2D eigenvalue weighted by Crippen LogP contribution is -2.31. The van der Waals surface area contributed by atoms with Crippen molar-refractivity contribution in [2.24, 2.45) is 0 Å². The number of aromatic nitrogens is 2. The normalized spacial score (nSPS) is 10.5. The standard InChI is InChI=1S/C16H15ClN2O5/c1-3-4-11-12(16(23)24-2)14(20)13(15(21)22)18-19(11)10-7-5-9(17)6-8-10/h5-8H,3-4H2,1-2H3,(H,21,22). The van der Waals surface area contributed by atoms with Crippen molar-refractivity contribution in [2.75, 3.05) is 7.11 Å². The summed E-state index contributed by atoms with van der Waals surface area (Å²) in [6, 6.07) is 6.44. The molecule has 1 N–H and O–H groups in total. The van der Waals surface area contributed by atoms with Gasteiger partial charge in [-0.25, -0.2) is 14.3 Å². The molecule has 0 amide bonds. The third kappa shape index (κ3) is 3.30. The molecule has 7 nitrogen and oxygen atoms in total. The second-order valence-corrected chi connectivity index (χ2v) is 5.37. The topological polar surface area (TPSA) is 98.5 Å². The Morgan fingerprint density at radius 3 is 2.42 bits per heavy atom. The smallest absolute Gasteiger partial charge is 0.360 e. The van der Waals surface area contributed by atoms with E-state index >= 15 is 0 Å². The average Bonchev–Trinajstić information content (AvgIpc) is 2.55. The Morgan fingerprint density at radius 2 is 1.92 bits per heavy atom. The molecule has 0 atom stereocenters. The van der Waals surface area contributed by atoms with Gasteiger partial charge in [-0.15, -0.1) is 0 Å². The molecule has 1 aromatic carbocycles. The molecule has 0 unspecified atom stereocenters. The van der Waals surface area contributed by atoms with Gasteiger partial charge in [-0.3, -0.25) is 4.79 Å². The molecule has 0 radical (unpaired) electrons. The molecular weight excluding hydrogens is 336 g/mol. The predicted octanol–water partition coefficient (Wildman–Crippen LogP) is 2.32. The number of carboxylic acid groups (broad SMARTS) is 1. The van der Waals surface area contributed by atoms with Crippen LogP contribution in [-0.4, -0.2) is 33.9 Å². The van der Waals surface area contributed by atoms with E-state index in [1.165, 1.54) is 4.68 Å². The molecule has 2 rings (SSSR count). The van der Waals surface area contributed by atoms with Crippen LogP contribution in [0.5, 0.6) is 0 Å². The lowest BCUT2D eigenvalue weighted by atomic mass is 10.1. The first-order valence-corrected chi connectivity index (χ1v) is 7.52. The lowest BCUT2D eigenvalue weighted by molar-refractivity contribution is 0.0596. The van der Waals surface area contributed by atoms with E-state index in [1.54, 1.807) is 24.3 Å². The van der Waals surface area contributed by atoms with E-state index in [0.29, 0.717) is 29.2 Å². The summed E-state index contributed by atoms with van der Waals surface area (Å²) >= 11 is 5.86. The monoisotopic (exact) mass is 350 g/mol. The van der Waals surface area contributed by atoms with Crippen LogP contribution >= 0.6 is 11.6 Å². The van der Waals surface area contributed by atoms with Crippen LogP contribution in [0.1, 0.15) is 39.9 Å². The van der Waals surface area contributed by atoms with E-state index in [0.717, 1.165) is 7.11 Å². The Kier molecular flexibility index (Phi) is 5.35. The Morgan fingerprint density at radius 1 is 1.29 bits per heavy atom. The van der Waals surface area contributed by atoms with Crippen molar-refractivity contribution >= 4 is 23.5 Å².